The van der Waals surface area contributed by atoms with Gasteiger partial charge in [-0.05, 0) is 79.9 Å². The predicted octanol–water partition coefficient (Wildman–Crippen LogP) is 6.71. The number of rotatable bonds is 10. The number of fused-ring (bicyclic) bond motifs is 1. The third kappa shape index (κ3) is 8.09. The topological polar surface area (TPSA) is 117 Å². The SMILES string of the molecule is CCOCOc1ccc2nc(/C=C/C(C)/C=C/c3ccc(N(C)C(=O)OC(C)(C)C)nc3[N+](=O)[O-])sc2c1. The van der Waals surface area contributed by atoms with Gasteiger partial charge in [-0.2, -0.15) is 0 Å². The Hall–Kier alpha value is -3.83. The largest absolute Gasteiger partial charge is 0.468 e. The van der Waals surface area contributed by atoms with Crippen LogP contribution >= 0.6 is 11.3 Å². The van der Waals surface area contributed by atoms with Gasteiger partial charge in [-0.3, -0.25) is 0 Å². The monoisotopic (exact) mass is 540 g/mol. The van der Waals surface area contributed by atoms with Gasteiger partial charge in [-0.1, -0.05) is 19.1 Å². The van der Waals surface area contributed by atoms with Crippen molar-refractivity contribution in [2.75, 3.05) is 25.3 Å². The van der Waals surface area contributed by atoms with Crippen LogP contribution in [-0.2, 0) is 9.47 Å². The van der Waals surface area contributed by atoms with E-state index in [0.717, 1.165) is 25.9 Å². The molecular formula is C27H32N4O6S. The summed E-state index contributed by atoms with van der Waals surface area (Å²) < 4.78 is 17.1. The van der Waals surface area contributed by atoms with E-state index in [1.54, 1.807) is 39.0 Å². The molecule has 0 aliphatic rings. The van der Waals surface area contributed by atoms with E-state index in [1.165, 1.54) is 18.4 Å². The molecule has 0 N–H and O–H groups in total. The van der Waals surface area contributed by atoms with Gasteiger partial charge in [0.2, 0.25) is 0 Å². The highest BCUT2D eigenvalue weighted by Gasteiger charge is 2.25. The van der Waals surface area contributed by atoms with E-state index in [-0.39, 0.29) is 24.3 Å². The molecule has 1 amide bonds. The second kappa shape index (κ2) is 12.6. The fraction of sp³-hybridized carbons (Fsp3) is 0.370. The molecule has 0 aliphatic heterocycles. The summed E-state index contributed by atoms with van der Waals surface area (Å²) in [6.07, 6.45) is 6.73. The fourth-order valence-corrected chi connectivity index (χ4v) is 4.08. The number of pyridine rings is 1. The highest BCUT2D eigenvalue weighted by Crippen LogP contribution is 2.28. The number of allylic oxidation sites excluding steroid dienone is 2. The van der Waals surface area contributed by atoms with Gasteiger partial charge in [-0.15, -0.1) is 11.3 Å². The Morgan fingerprint density at radius 2 is 1.92 bits per heavy atom. The number of ether oxygens (including phenoxy) is 3. The van der Waals surface area contributed by atoms with Crippen molar-refractivity contribution in [3.63, 3.8) is 0 Å². The first-order chi connectivity index (χ1) is 18.0. The van der Waals surface area contributed by atoms with Crippen molar-refractivity contribution < 1.29 is 23.9 Å². The van der Waals surface area contributed by atoms with Gasteiger partial charge in [0.15, 0.2) is 6.79 Å². The van der Waals surface area contributed by atoms with Gasteiger partial charge in [0.1, 0.15) is 16.4 Å². The second-order valence-electron chi connectivity index (χ2n) is 9.39. The number of aromatic nitrogens is 2. The molecule has 0 spiro atoms. The van der Waals surface area contributed by atoms with Gasteiger partial charge < -0.3 is 24.3 Å². The molecule has 0 fully saturated rings. The molecule has 10 nitrogen and oxygen atoms in total. The van der Waals surface area contributed by atoms with Crippen LogP contribution in [0.25, 0.3) is 22.4 Å². The number of nitro groups is 1. The first kappa shape index (κ1) is 28.7. The quantitative estimate of drug-likeness (QED) is 0.121. The number of carbonyl (C=O) groups is 1. The zero-order chi connectivity index (χ0) is 27.9. The Morgan fingerprint density at radius 1 is 1.18 bits per heavy atom. The molecule has 11 heteroatoms. The Bertz CT molecular complexity index is 1350. The number of benzene rings is 1. The van der Waals surface area contributed by atoms with Gasteiger partial charge >= 0.3 is 11.9 Å². The zero-order valence-electron chi connectivity index (χ0n) is 22.3. The Labute approximate surface area is 225 Å². The Kier molecular flexibility index (Phi) is 9.54. The summed E-state index contributed by atoms with van der Waals surface area (Å²) in [7, 11) is 1.46. The summed E-state index contributed by atoms with van der Waals surface area (Å²) in [6.45, 7) is 9.89. The second-order valence-corrected chi connectivity index (χ2v) is 10.5. The first-order valence-corrected chi connectivity index (χ1v) is 12.9. The van der Waals surface area contributed by atoms with Crippen molar-refractivity contribution in [1.29, 1.82) is 0 Å². The molecule has 0 aliphatic carbocycles. The normalized spacial score (nSPS) is 12.8. The summed E-state index contributed by atoms with van der Waals surface area (Å²) in [6, 6.07) is 8.81. The minimum Gasteiger partial charge on any atom is -0.468 e. The highest BCUT2D eigenvalue weighted by atomic mass is 32.1. The molecule has 0 radical (unpaired) electrons. The van der Waals surface area contributed by atoms with E-state index in [9.17, 15) is 14.9 Å². The van der Waals surface area contributed by atoms with E-state index < -0.39 is 16.6 Å². The molecule has 0 saturated heterocycles. The van der Waals surface area contributed by atoms with E-state index in [2.05, 4.69) is 9.97 Å². The lowest BCUT2D eigenvalue weighted by molar-refractivity contribution is -0.389. The first-order valence-electron chi connectivity index (χ1n) is 12.1. The Morgan fingerprint density at radius 3 is 2.61 bits per heavy atom. The highest BCUT2D eigenvalue weighted by molar-refractivity contribution is 7.19. The molecule has 202 valence electrons. The molecular weight excluding hydrogens is 508 g/mol. The third-order valence-corrected chi connectivity index (χ3v) is 6.07. The lowest BCUT2D eigenvalue weighted by Gasteiger charge is -2.22. The zero-order valence-corrected chi connectivity index (χ0v) is 23.2. The van der Waals surface area contributed by atoms with Crippen molar-refractivity contribution in [2.24, 2.45) is 5.92 Å². The molecule has 3 aromatic rings. The number of amides is 1. The van der Waals surface area contributed by atoms with Crippen molar-refractivity contribution in [3.05, 3.63) is 63.2 Å². The number of hydrogen-bond acceptors (Lipinski definition) is 9. The van der Waals surface area contributed by atoms with Gasteiger partial charge in [0.05, 0.1) is 15.8 Å². The van der Waals surface area contributed by atoms with Crippen LogP contribution in [0, 0.1) is 16.0 Å². The van der Waals surface area contributed by atoms with Crippen molar-refractivity contribution in [1.82, 2.24) is 9.97 Å². The molecule has 1 aromatic carbocycles. The maximum Gasteiger partial charge on any atom is 0.417 e. The summed E-state index contributed by atoms with van der Waals surface area (Å²) >= 11 is 1.54. The van der Waals surface area contributed by atoms with E-state index >= 15 is 0 Å². The summed E-state index contributed by atoms with van der Waals surface area (Å²) in [5.41, 5.74) is 0.506. The van der Waals surface area contributed by atoms with E-state index in [1.807, 2.05) is 50.3 Å². The predicted molar refractivity (Wildman–Crippen MR) is 150 cm³/mol. The minimum absolute atomic E-state index is 0.0317. The average Bonchev–Trinajstić information content (AvgIpc) is 3.27. The van der Waals surface area contributed by atoms with Crippen LogP contribution in [0.15, 0.2) is 42.5 Å². The van der Waals surface area contributed by atoms with E-state index in [0.29, 0.717) is 12.2 Å². The van der Waals surface area contributed by atoms with Crippen LogP contribution in [-0.4, -0.2) is 47.0 Å². The smallest absolute Gasteiger partial charge is 0.417 e. The van der Waals surface area contributed by atoms with Crippen molar-refractivity contribution in [3.8, 4) is 5.75 Å². The summed E-state index contributed by atoms with van der Waals surface area (Å²) in [5, 5.41) is 12.5. The third-order valence-electron chi connectivity index (χ3n) is 5.09. The number of nitrogens with zero attached hydrogens (tertiary/aromatic N) is 4. The van der Waals surface area contributed by atoms with Crippen LogP contribution < -0.4 is 9.64 Å². The number of hydrogen-bond donors (Lipinski definition) is 0. The minimum atomic E-state index is -0.698. The van der Waals surface area contributed by atoms with Gasteiger partial charge in [0.25, 0.3) is 5.82 Å². The lowest BCUT2D eigenvalue weighted by Crippen LogP contribution is -2.34. The number of anilines is 1. The van der Waals surface area contributed by atoms with Crippen LogP contribution in [0.3, 0.4) is 0 Å². The average molecular weight is 541 g/mol. The molecule has 3 rings (SSSR count). The number of thiazole rings is 1. The van der Waals surface area contributed by atoms with Gasteiger partial charge in [-0.25, -0.2) is 14.7 Å². The van der Waals surface area contributed by atoms with Crippen molar-refractivity contribution >= 4 is 51.4 Å². The van der Waals surface area contributed by atoms with Crippen LogP contribution in [0.4, 0.5) is 16.4 Å². The summed E-state index contributed by atoms with van der Waals surface area (Å²) in [4.78, 5) is 33.3. The lowest BCUT2D eigenvalue weighted by atomic mass is 10.1. The maximum atomic E-state index is 12.3. The fourth-order valence-electron chi connectivity index (χ4n) is 3.17. The number of carbonyl (C=O) groups excluding carboxylic acids is 1. The van der Waals surface area contributed by atoms with Gasteiger partial charge in [0, 0.05) is 19.7 Å². The molecule has 2 heterocycles. The van der Waals surface area contributed by atoms with Crippen molar-refractivity contribution in [2.45, 2.75) is 40.2 Å². The molecule has 38 heavy (non-hydrogen) atoms. The molecule has 2 aromatic heterocycles. The van der Waals surface area contributed by atoms with E-state index in [4.69, 9.17) is 14.2 Å². The van der Waals surface area contributed by atoms with Crippen LogP contribution in [0.1, 0.15) is 45.2 Å². The molecule has 0 saturated carbocycles. The molecule has 1 atom stereocenters. The molecule has 1 unspecified atom stereocenters. The van der Waals surface area contributed by atoms with Crippen LogP contribution in [0.2, 0.25) is 0 Å². The Balaban J connectivity index is 1.70. The van der Waals surface area contributed by atoms with Crippen LogP contribution in [0.5, 0.6) is 5.75 Å². The maximum absolute atomic E-state index is 12.3. The summed E-state index contributed by atoms with van der Waals surface area (Å²) in [5.74, 6) is 0.466. The standard InChI is InChI=1S/C27H32N4O6S/c1-7-35-17-36-20-12-13-21-22(16-20)38-24(28-21)15-9-18(2)8-10-19-11-14-23(29-25(19)31(33)34)30(6)26(32)37-27(3,4)5/h8-16,18H,7,17H2,1-6H3/b10-8+,15-9+. The molecule has 0 bridgehead atoms.